The van der Waals surface area contributed by atoms with E-state index in [1.165, 1.54) is 17.4 Å². The van der Waals surface area contributed by atoms with E-state index >= 15 is 0 Å². The molecule has 3 rings (SSSR count). The number of amides is 1. The Morgan fingerprint density at radius 1 is 1.31 bits per heavy atom. The number of hydrogen-bond donors (Lipinski definition) is 1. The van der Waals surface area contributed by atoms with E-state index in [0.29, 0.717) is 16.8 Å². The van der Waals surface area contributed by atoms with E-state index in [2.05, 4.69) is 10.3 Å². The molecular formula is C22H18ClN3O2S. The van der Waals surface area contributed by atoms with Gasteiger partial charge in [-0.05, 0) is 49.8 Å². The van der Waals surface area contributed by atoms with Crippen molar-refractivity contribution in [2.24, 2.45) is 0 Å². The van der Waals surface area contributed by atoms with Crippen molar-refractivity contribution in [3.63, 3.8) is 0 Å². The van der Waals surface area contributed by atoms with Gasteiger partial charge in [-0.2, -0.15) is 5.26 Å². The molecule has 0 aliphatic rings. The Hall–Kier alpha value is -3.14. The first-order chi connectivity index (χ1) is 14.0. The number of rotatable bonds is 6. The summed E-state index contributed by atoms with van der Waals surface area (Å²) in [5, 5.41) is 13.2. The van der Waals surface area contributed by atoms with Gasteiger partial charge in [-0.25, -0.2) is 4.98 Å². The second kappa shape index (κ2) is 9.37. The lowest BCUT2D eigenvalue weighted by molar-refractivity contribution is -0.112. The summed E-state index contributed by atoms with van der Waals surface area (Å²) in [6.07, 6.45) is 1.53. The van der Waals surface area contributed by atoms with Crippen LogP contribution in [0, 0.1) is 18.3 Å². The lowest BCUT2D eigenvalue weighted by Gasteiger charge is -2.03. The Bertz CT molecular complexity index is 1100. The van der Waals surface area contributed by atoms with Crippen LogP contribution in [0.2, 0.25) is 5.02 Å². The van der Waals surface area contributed by atoms with Crippen molar-refractivity contribution in [3.05, 3.63) is 69.6 Å². The normalized spacial score (nSPS) is 11.0. The first-order valence-corrected chi connectivity index (χ1v) is 10.1. The van der Waals surface area contributed by atoms with Crippen LogP contribution >= 0.6 is 22.9 Å². The van der Waals surface area contributed by atoms with Crippen molar-refractivity contribution < 1.29 is 9.53 Å². The molecular weight excluding hydrogens is 406 g/mol. The zero-order chi connectivity index (χ0) is 20.8. The van der Waals surface area contributed by atoms with Crippen molar-refractivity contribution in [1.82, 2.24) is 4.98 Å². The number of thiazole rings is 1. The fourth-order valence-electron chi connectivity index (χ4n) is 2.66. The molecule has 0 bridgehead atoms. The molecule has 0 aliphatic carbocycles. The minimum Gasteiger partial charge on any atom is -0.494 e. The predicted molar refractivity (Wildman–Crippen MR) is 117 cm³/mol. The van der Waals surface area contributed by atoms with Gasteiger partial charge in [0.05, 0.1) is 12.3 Å². The third-order valence-corrected chi connectivity index (χ3v) is 5.10. The van der Waals surface area contributed by atoms with E-state index < -0.39 is 5.91 Å². The van der Waals surface area contributed by atoms with Crippen LogP contribution in [0.5, 0.6) is 5.75 Å². The first-order valence-electron chi connectivity index (χ1n) is 8.89. The van der Waals surface area contributed by atoms with Crippen LogP contribution in [0.3, 0.4) is 0 Å². The predicted octanol–water partition coefficient (Wildman–Crippen LogP) is 5.72. The summed E-state index contributed by atoms with van der Waals surface area (Å²) in [6.45, 7) is 4.40. The number of aromatic nitrogens is 1. The number of anilines is 1. The Morgan fingerprint density at radius 2 is 2.07 bits per heavy atom. The zero-order valence-corrected chi connectivity index (χ0v) is 17.5. The fourth-order valence-corrected chi connectivity index (χ4v) is 3.68. The summed E-state index contributed by atoms with van der Waals surface area (Å²) in [4.78, 5) is 18.0. The van der Waals surface area contributed by atoms with Crippen LogP contribution in [-0.4, -0.2) is 17.5 Å². The quantitative estimate of drug-likeness (QED) is 0.406. The summed E-state index contributed by atoms with van der Waals surface area (Å²) < 4.78 is 5.40. The molecule has 0 aliphatic heterocycles. The Kier molecular flexibility index (Phi) is 6.65. The van der Waals surface area contributed by atoms with Gasteiger partial charge in [-0.15, -0.1) is 11.3 Å². The summed E-state index contributed by atoms with van der Waals surface area (Å²) >= 11 is 7.40. The topological polar surface area (TPSA) is 75.0 Å². The lowest BCUT2D eigenvalue weighted by atomic mass is 10.1. The maximum atomic E-state index is 12.5. The Labute approximate surface area is 178 Å². The highest BCUT2D eigenvalue weighted by Crippen LogP contribution is 2.31. The van der Waals surface area contributed by atoms with Gasteiger partial charge in [-0.1, -0.05) is 35.9 Å². The highest BCUT2D eigenvalue weighted by molar-refractivity contribution is 7.16. The van der Waals surface area contributed by atoms with E-state index in [1.54, 1.807) is 30.3 Å². The molecule has 0 saturated carbocycles. The number of aryl methyl sites for hydroxylation is 1. The SMILES string of the molecule is CCOc1ccc(/C=C(\C#N)C(=O)Nc2nc(-c3cccc(Cl)c3)c(C)s2)cc1. The molecule has 0 fully saturated rings. The minimum atomic E-state index is -0.507. The molecule has 2 aromatic carbocycles. The summed E-state index contributed by atoms with van der Waals surface area (Å²) in [7, 11) is 0. The average Bonchev–Trinajstić information content (AvgIpc) is 3.07. The Balaban J connectivity index is 1.78. The van der Waals surface area contributed by atoms with E-state index in [9.17, 15) is 10.1 Å². The largest absolute Gasteiger partial charge is 0.494 e. The molecule has 1 heterocycles. The molecule has 1 amide bonds. The van der Waals surface area contributed by atoms with Crippen molar-refractivity contribution in [1.29, 1.82) is 5.26 Å². The van der Waals surface area contributed by atoms with Crippen molar-refractivity contribution in [2.75, 3.05) is 11.9 Å². The molecule has 1 N–H and O–H groups in total. The number of carbonyl (C=O) groups is 1. The van der Waals surface area contributed by atoms with Crippen LogP contribution in [0.4, 0.5) is 5.13 Å². The molecule has 146 valence electrons. The summed E-state index contributed by atoms with van der Waals surface area (Å²) in [5.74, 6) is 0.229. The minimum absolute atomic E-state index is 0.00804. The number of carbonyl (C=O) groups excluding carboxylic acids is 1. The van der Waals surface area contributed by atoms with Gasteiger partial charge in [0.25, 0.3) is 5.91 Å². The van der Waals surface area contributed by atoms with E-state index in [4.69, 9.17) is 16.3 Å². The van der Waals surface area contributed by atoms with Crippen LogP contribution in [0.25, 0.3) is 17.3 Å². The van der Waals surface area contributed by atoms with Gasteiger partial charge in [0.1, 0.15) is 17.4 Å². The molecule has 1 aromatic heterocycles. The average molecular weight is 424 g/mol. The molecule has 5 nitrogen and oxygen atoms in total. The smallest absolute Gasteiger partial charge is 0.268 e. The number of nitrogens with one attached hydrogen (secondary N) is 1. The summed E-state index contributed by atoms with van der Waals surface area (Å²) in [6, 6.07) is 16.5. The number of nitrogens with zero attached hydrogens (tertiary/aromatic N) is 2. The van der Waals surface area contributed by atoms with Gasteiger partial charge in [0, 0.05) is 15.5 Å². The number of nitriles is 1. The van der Waals surface area contributed by atoms with Crippen LogP contribution in [-0.2, 0) is 4.79 Å². The van der Waals surface area contributed by atoms with Crippen molar-refractivity contribution >= 4 is 40.1 Å². The van der Waals surface area contributed by atoms with E-state index in [-0.39, 0.29) is 5.57 Å². The first kappa shape index (κ1) is 20.6. The molecule has 0 spiro atoms. The fraction of sp³-hybridized carbons (Fsp3) is 0.136. The molecule has 0 saturated heterocycles. The number of hydrogen-bond acceptors (Lipinski definition) is 5. The molecule has 3 aromatic rings. The number of benzene rings is 2. The van der Waals surface area contributed by atoms with Gasteiger partial charge in [0.2, 0.25) is 0 Å². The van der Waals surface area contributed by atoms with E-state index in [1.807, 2.05) is 38.1 Å². The van der Waals surface area contributed by atoms with Gasteiger partial charge >= 0.3 is 0 Å². The highest BCUT2D eigenvalue weighted by Gasteiger charge is 2.15. The zero-order valence-electron chi connectivity index (χ0n) is 15.9. The second-order valence-electron chi connectivity index (χ2n) is 6.06. The second-order valence-corrected chi connectivity index (χ2v) is 7.70. The van der Waals surface area contributed by atoms with Crippen LogP contribution in [0.1, 0.15) is 17.4 Å². The van der Waals surface area contributed by atoms with Crippen LogP contribution in [0.15, 0.2) is 54.1 Å². The third kappa shape index (κ3) is 5.23. The van der Waals surface area contributed by atoms with Crippen LogP contribution < -0.4 is 10.1 Å². The van der Waals surface area contributed by atoms with Gasteiger partial charge < -0.3 is 4.74 Å². The molecule has 0 atom stereocenters. The lowest BCUT2D eigenvalue weighted by Crippen LogP contribution is -2.13. The van der Waals surface area contributed by atoms with Crippen molar-refractivity contribution in [2.45, 2.75) is 13.8 Å². The molecule has 7 heteroatoms. The number of ether oxygens (including phenoxy) is 1. The Morgan fingerprint density at radius 3 is 2.72 bits per heavy atom. The molecule has 29 heavy (non-hydrogen) atoms. The maximum absolute atomic E-state index is 12.5. The summed E-state index contributed by atoms with van der Waals surface area (Å²) in [5.41, 5.74) is 2.35. The van der Waals surface area contributed by atoms with Crippen molar-refractivity contribution in [3.8, 4) is 23.1 Å². The van der Waals surface area contributed by atoms with E-state index in [0.717, 1.165) is 27.4 Å². The van der Waals surface area contributed by atoms with Gasteiger partial charge in [-0.3, -0.25) is 10.1 Å². The highest BCUT2D eigenvalue weighted by atomic mass is 35.5. The third-order valence-electron chi connectivity index (χ3n) is 3.98. The van der Waals surface area contributed by atoms with Gasteiger partial charge in [0.15, 0.2) is 5.13 Å². The standard InChI is InChI=1S/C22H18ClN3O2S/c1-3-28-19-9-7-15(8-10-19)11-17(13-24)21(27)26-22-25-20(14(2)29-22)16-5-4-6-18(23)12-16/h4-12H,3H2,1-2H3,(H,25,26,27)/b17-11+. The molecule has 0 unspecified atom stereocenters. The molecule has 0 radical (unpaired) electrons. The maximum Gasteiger partial charge on any atom is 0.268 e. The number of halogens is 1. The monoisotopic (exact) mass is 423 g/mol.